The summed E-state index contributed by atoms with van der Waals surface area (Å²) in [5.41, 5.74) is 1.03. The number of hydrogen-bond donors (Lipinski definition) is 0. The molecule has 6 nitrogen and oxygen atoms in total. The van der Waals surface area contributed by atoms with E-state index in [4.69, 9.17) is 9.47 Å². The zero-order valence-electron chi connectivity index (χ0n) is 13.6. The lowest BCUT2D eigenvalue weighted by molar-refractivity contribution is -0.142. The van der Waals surface area contributed by atoms with Crippen LogP contribution in [-0.4, -0.2) is 33.8 Å². The van der Waals surface area contributed by atoms with Crippen molar-refractivity contribution in [3.63, 3.8) is 0 Å². The average molecular weight is 383 g/mol. The molecule has 0 aliphatic rings. The highest BCUT2D eigenvalue weighted by molar-refractivity contribution is 9.10. The van der Waals surface area contributed by atoms with E-state index in [1.54, 1.807) is 45.9 Å². The lowest BCUT2D eigenvalue weighted by Gasteiger charge is -2.20. The molecule has 23 heavy (non-hydrogen) atoms. The summed E-state index contributed by atoms with van der Waals surface area (Å²) in [6, 6.07) is 5.18. The van der Waals surface area contributed by atoms with E-state index >= 15 is 0 Å². The van der Waals surface area contributed by atoms with E-state index in [0.717, 1.165) is 0 Å². The van der Waals surface area contributed by atoms with Crippen molar-refractivity contribution in [2.75, 3.05) is 6.61 Å². The highest BCUT2D eigenvalue weighted by Crippen LogP contribution is 2.23. The Balaban J connectivity index is 2.49. The SMILES string of the molecule is CCOC(=O)Cc1cc2nc(Br)ccc2n1C(=O)OC(C)(C)C. The minimum Gasteiger partial charge on any atom is -0.466 e. The van der Waals surface area contributed by atoms with Gasteiger partial charge < -0.3 is 9.47 Å². The van der Waals surface area contributed by atoms with Gasteiger partial charge in [-0.1, -0.05) is 0 Å². The topological polar surface area (TPSA) is 70.4 Å². The number of halogens is 1. The average Bonchev–Trinajstić information content (AvgIpc) is 2.73. The molecule has 2 aromatic rings. The molecule has 2 aromatic heterocycles. The number of aromatic nitrogens is 2. The Labute approximate surface area is 142 Å². The largest absolute Gasteiger partial charge is 0.466 e. The van der Waals surface area contributed by atoms with Gasteiger partial charge in [0.1, 0.15) is 10.2 Å². The molecule has 2 heterocycles. The van der Waals surface area contributed by atoms with Crippen LogP contribution in [0.15, 0.2) is 22.8 Å². The van der Waals surface area contributed by atoms with Crippen molar-refractivity contribution in [3.8, 4) is 0 Å². The minimum atomic E-state index is -0.641. The van der Waals surface area contributed by atoms with Crippen molar-refractivity contribution in [1.82, 2.24) is 9.55 Å². The van der Waals surface area contributed by atoms with Gasteiger partial charge in [-0.15, -0.1) is 0 Å². The van der Waals surface area contributed by atoms with Crippen LogP contribution in [0.5, 0.6) is 0 Å². The number of pyridine rings is 1. The zero-order chi connectivity index (χ0) is 17.2. The highest BCUT2D eigenvalue weighted by atomic mass is 79.9. The normalized spacial score (nSPS) is 11.5. The van der Waals surface area contributed by atoms with E-state index in [9.17, 15) is 9.59 Å². The summed E-state index contributed by atoms with van der Waals surface area (Å²) < 4.78 is 12.4. The molecular formula is C16H19BrN2O4. The third-order valence-electron chi connectivity index (χ3n) is 2.91. The highest BCUT2D eigenvalue weighted by Gasteiger charge is 2.23. The molecule has 124 valence electrons. The number of hydrogen-bond acceptors (Lipinski definition) is 5. The molecular weight excluding hydrogens is 364 g/mol. The molecule has 0 saturated carbocycles. The van der Waals surface area contributed by atoms with E-state index in [1.165, 1.54) is 4.57 Å². The molecule has 0 amide bonds. The molecule has 0 bridgehead atoms. The summed E-state index contributed by atoms with van der Waals surface area (Å²) in [7, 11) is 0. The van der Waals surface area contributed by atoms with Crippen LogP contribution in [0.3, 0.4) is 0 Å². The predicted molar refractivity (Wildman–Crippen MR) is 89.4 cm³/mol. The third-order valence-corrected chi connectivity index (χ3v) is 3.35. The zero-order valence-corrected chi connectivity index (χ0v) is 15.1. The van der Waals surface area contributed by atoms with E-state index in [0.29, 0.717) is 21.3 Å². The minimum absolute atomic E-state index is 0.0267. The van der Waals surface area contributed by atoms with Crippen LogP contribution >= 0.6 is 15.9 Å². The summed E-state index contributed by atoms with van der Waals surface area (Å²) in [6.07, 6.45) is -0.572. The first kappa shape index (κ1) is 17.5. The fourth-order valence-electron chi connectivity index (χ4n) is 2.13. The summed E-state index contributed by atoms with van der Waals surface area (Å²) in [6.45, 7) is 7.39. The van der Waals surface area contributed by atoms with Crippen LogP contribution < -0.4 is 0 Å². The number of rotatable bonds is 3. The fourth-order valence-corrected chi connectivity index (χ4v) is 2.45. The molecule has 0 spiro atoms. The van der Waals surface area contributed by atoms with Gasteiger partial charge in [-0.2, -0.15) is 0 Å². The summed E-state index contributed by atoms with van der Waals surface area (Å²) in [5.74, 6) is -0.404. The molecule has 0 aliphatic carbocycles. The van der Waals surface area contributed by atoms with Gasteiger partial charge in [0, 0.05) is 5.69 Å². The monoisotopic (exact) mass is 382 g/mol. The first-order valence-electron chi connectivity index (χ1n) is 7.27. The predicted octanol–water partition coefficient (Wildman–Crippen LogP) is 3.69. The van der Waals surface area contributed by atoms with Gasteiger partial charge in [-0.25, -0.2) is 14.3 Å². The molecule has 0 atom stereocenters. The molecule has 0 unspecified atom stereocenters. The smallest absolute Gasteiger partial charge is 0.419 e. The van der Waals surface area contributed by atoms with Gasteiger partial charge in [0.05, 0.1) is 24.1 Å². The number of nitrogens with zero attached hydrogens (tertiary/aromatic N) is 2. The van der Waals surface area contributed by atoms with Crippen LogP contribution in [0.2, 0.25) is 0 Å². The molecule has 0 N–H and O–H groups in total. The molecule has 0 radical (unpaired) electrons. The lowest BCUT2D eigenvalue weighted by atomic mass is 10.2. The standard InChI is InChI=1S/C16H19BrN2O4/c1-5-22-14(20)9-10-8-11-12(6-7-13(17)18-11)19(10)15(21)23-16(2,3)4/h6-8H,5,9H2,1-4H3. The van der Waals surface area contributed by atoms with Crippen molar-refractivity contribution in [2.24, 2.45) is 0 Å². The van der Waals surface area contributed by atoms with Crippen molar-refractivity contribution in [2.45, 2.75) is 39.7 Å². The number of fused-ring (bicyclic) bond motifs is 1. The van der Waals surface area contributed by atoms with Gasteiger partial charge in [-0.3, -0.25) is 4.79 Å². The van der Waals surface area contributed by atoms with Crippen LogP contribution in [-0.2, 0) is 20.7 Å². The Hall–Kier alpha value is -1.89. The van der Waals surface area contributed by atoms with E-state index < -0.39 is 17.7 Å². The van der Waals surface area contributed by atoms with Crippen LogP contribution in [0, 0.1) is 0 Å². The van der Waals surface area contributed by atoms with Gasteiger partial charge in [0.2, 0.25) is 0 Å². The number of esters is 1. The maximum Gasteiger partial charge on any atom is 0.419 e. The van der Waals surface area contributed by atoms with Gasteiger partial charge in [-0.05, 0) is 61.8 Å². The Bertz CT molecular complexity index is 746. The summed E-state index contributed by atoms with van der Waals surface area (Å²) >= 11 is 3.30. The Morgan fingerprint density at radius 3 is 2.61 bits per heavy atom. The van der Waals surface area contributed by atoms with Crippen LogP contribution in [0.1, 0.15) is 33.4 Å². The lowest BCUT2D eigenvalue weighted by Crippen LogP contribution is -2.28. The van der Waals surface area contributed by atoms with Crippen molar-refractivity contribution >= 4 is 39.0 Å². The van der Waals surface area contributed by atoms with Crippen molar-refractivity contribution < 1.29 is 19.1 Å². The maximum absolute atomic E-state index is 12.5. The summed E-state index contributed by atoms with van der Waals surface area (Å²) in [5, 5.41) is 0. The summed E-state index contributed by atoms with van der Waals surface area (Å²) in [4.78, 5) is 28.7. The first-order valence-corrected chi connectivity index (χ1v) is 8.06. The Morgan fingerprint density at radius 1 is 1.30 bits per heavy atom. The second kappa shape index (κ2) is 6.70. The molecule has 7 heteroatoms. The number of ether oxygens (including phenoxy) is 2. The number of carbonyl (C=O) groups is 2. The van der Waals surface area contributed by atoms with Gasteiger partial charge in [0.15, 0.2) is 0 Å². The Kier molecular flexibility index (Phi) is 5.09. The molecule has 0 saturated heterocycles. The van der Waals surface area contributed by atoms with Gasteiger partial charge >= 0.3 is 12.1 Å². The molecule has 0 aliphatic heterocycles. The van der Waals surface area contributed by atoms with Crippen molar-refractivity contribution in [1.29, 1.82) is 0 Å². The maximum atomic E-state index is 12.5. The van der Waals surface area contributed by atoms with Crippen LogP contribution in [0.4, 0.5) is 4.79 Å². The second-order valence-corrected chi connectivity index (χ2v) is 6.78. The van der Waals surface area contributed by atoms with Crippen LogP contribution in [0.25, 0.3) is 11.0 Å². The first-order chi connectivity index (χ1) is 10.7. The van der Waals surface area contributed by atoms with E-state index in [1.807, 2.05) is 0 Å². The van der Waals surface area contributed by atoms with E-state index in [-0.39, 0.29) is 13.0 Å². The van der Waals surface area contributed by atoms with Crippen molar-refractivity contribution in [3.05, 3.63) is 28.5 Å². The molecule has 0 aromatic carbocycles. The molecule has 2 rings (SSSR count). The Morgan fingerprint density at radius 2 is 2.00 bits per heavy atom. The van der Waals surface area contributed by atoms with E-state index in [2.05, 4.69) is 20.9 Å². The third kappa shape index (κ3) is 4.31. The fraction of sp³-hybridized carbons (Fsp3) is 0.438. The van der Waals surface area contributed by atoms with Gasteiger partial charge in [0.25, 0.3) is 0 Å². The quantitative estimate of drug-likeness (QED) is 0.597. The second-order valence-electron chi connectivity index (χ2n) is 5.97. The molecule has 0 fully saturated rings. The number of carbonyl (C=O) groups excluding carboxylic acids is 2.